The minimum Gasteiger partial charge on any atom is -0.508 e. The van der Waals surface area contributed by atoms with Gasteiger partial charge in [-0.1, -0.05) is 17.7 Å². The molecular weight excluding hydrogens is 470 g/mol. The number of phenols is 1. The van der Waals surface area contributed by atoms with E-state index in [0.29, 0.717) is 29.6 Å². The zero-order chi connectivity index (χ0) is 23.2. The Morgan fingerprint density at radius 1 is 1.21 bits per heavy atom. The Hall–Kier alpha value is -2.68. The molecule has 1 amide bonds. The molecular formula is C25H26ClN5O2S. The first kappa shape index (κ1) is 21.8. The third-order valence-corrected chi connectivity index (χ3v) is 8.62. The number of carbonyl (C=O) groups is 1. The molecule has 7 nitrogen and oxygen atoms in total. The number of hydrogen-bond donors (Lipinski definition) is 2. The summed E-state index contributed by atoms with van der Waals surface area (Å²) in [6.45, 7) is 2.14. The molecule has 2 saturated heterocycles. The van der Waals surface area contributed by atoms with Crippen LogP contribution in [0.1, 0.15) is 36.1 Å². The Kier molecular flexibility index (Phi) is 5.67. The van der Waals surface area contributed by atoms with Crippen molar-refractivity contribution >= 4 is 50.6 Å². The van der Waals surface area contributed by atoms with Crippen molar-refractivity contribution in [2.45, 2.75) is 50.7 Å². The molecule has 0 spiro atoms. The van der Waals surface area contributed by atoms with Crippen molar-refractivity contribution in [2.75, 3.05) is 18.4 Å². The number of nitrogens with zero attached hydrogens (tertiary/aromatic N) is 4. The molecule has 0 atom stereocenters. The average molecular weight is 496 g/mol. The van der Waals surface area contributed by atoms with E-state index in [1.807, 2.05) is 11.0 Å². The van der Waals surface area contributed by atoms with Crippen LogP contribution >= 0.6 is 22.9 Å². The highest BCUT2D eigenvalue weighted by molar-refractivity contribution is 7.19. The average Bonchev–Trinajstić information content (AvgIpc) is 3.50. The van der Waals surface area contributed by atoms with E-state index in [0.717, 1.165) is 40.1 Å². The summed E-state index contributed by atoms with van der Waals surface area (Å²) in [5.74, 6) is 0.852. The van der Waals surface area contributed by atoms with Gasteiger partial charge in [0, 0.05) is 52.9 Å². The Bertz CT molecular complexity index is 1250. The number of amides is 1. The molecule has 176 valence electrons. The molecule has 0 radical (unpaired) electrons. The maximum absolute atomic E-state index is 12.9. The monoisotopic (exact) mass is 495 g/mol. The number of thiophene rings is 1. The fourth-order valence-electron chi connectivity index (χ4n) is 5.69. The van der Waals surface area contributed by atoms with Gasteiger partial charge in [0.05, 0.1) is 11.9 Å². The van der Waals surface area contributed by atoms with Crippen LogP contribution in [0, 0.1) is 0 Å². The van der Waals surface area contributed by atoms with Crippen molar-refractivity contribution in [3.8, 4) is 5.75 Å². The quantitative estimate of drug-likeness (QED) is 0.492. The second kappa shape index (κ2) is 8.83. The zero-order valence-electron chi connectivity index (χ0n) is 18.7. The molecule has 5 heterocycles. The Morgan fingerprint density at radius 3 is 2.76 bits per heavy atom. The number of aromatic nitrogens is 2. The van der Waals surface area contributed by atoms with Gasteiger partial charge < -0.3 is 15.3 Å². The number of anilines is 2. The van der Waals surface area contributed by atoms with Crippen LogP contribution in [0.2, 0.25) is 5.02 Å². The van der Waals surface area contributed by atoms with Gasteiger partial charge in [-0.05, 0) is 49.8 Å². The van der Waals surface area contributed by atoms with E-state index in [-0.39, 0.29) is 11.7 Å². The number of benzene rings is 1. The van der Waals surface area contributed by atoms with Crippen LogP contribution in [0.3, 0.4) is 0 Å². The standard InChI is InChI=1S/C25H26ClN5O2S/c26-15-10-16(12-19(32)11-15)29-24-23-20-7-9-30(13-21(20)34-25(23)28-14-27-24)22(33)2-1-8-31-17-3-4-18(31)6-5-17/h1-2,10-12,14,17-18,32H,3-9,13H2,(H,27,28,29). The minimum atomic E-state index is 0.0773. The second-order valence-corrected chi connectivity index (χ2v) is 10.8. The molecule has 6 rings (SSSR count). The highest BCUT2D eigenvalue weighted by Gasteiger charge is 2.38. The van der Waals surface area contributed by atoms with Crippen LogP contribution in [0.25, 0.3) is 10.2 Å². The number of halogens is 1. The summed E-state index contributed by atoms with van der Waals surface area (Å²) in [6, 6.07) is 6.29. The Morgan fingerprint density at radius 2 is 2.00 bits per heavy atom. The highest BCUT2D eigenvalue weighted by Crippen LogP contribution is 2.39. The van der Waals surface area contributed by atoms with Crippen LogP contribution in [0.15, 0.2) is 36.7 Å². The third-order valence-electron chi connectivity index (χ3n) is 7.27. The smallest absolute Gasteiger partial charge is 0.246 e. The SMILES string of the molecule is O=C(C=CCN1C2CCC1CC2)N1CCc2c(sc3ncnc(Nc4cc(O)cc(Cl)c4)c23)C1. The molecule has 34 heavy (non-hydrogen) atoms. The molecule has 3 aliphatic rings. The van der Waals surface area contributed by atoms with E-state index in [4.69, 9.17) is 11.6 Å². The van der Waals surface area contributed by atoms with Gasteiger partial charge in [-0.25, -0.2) is 9.97 Å². The van der Waals surface area contributed by atoms with Gasteiger partial charge in [-0.15, -0.1) is 11.3 Å². The maximum Gasteiger partial charge on any atom is 0.246 e. The molecule has 3 aromatic rings. The van der Waals surface area contributed by atoms with Crippen LogP contribution in [-0.2, 0) is 17.8 Å². The molecule has 2 bridgehead atoms. The fraction of sp³-hybridized carbons (Fsp3) is 0.400. The molecule has 0 aliphatic carbocycles. The van der Waals surface area contributed by atoms with Gasteiger partial charge in [-0.3, -0.25) is 9.69 Å². The van der Waals surface area contributed by atoms with Crippen molar-refractivity contribution in [1.82, 2.24) is 19.8 Å². The van der Waals surface area contributed by atoms with E-state index in [1.54, 1.807) is 29.5 Å². The van der Waals surface area contributed by atoms with E-state index in [1.165, 1.54) is 43.6 Å². The van der Waals surface area contributed by atoms with E-state index in [2.05, 4.69) is 20.2 Å². The molecule has 9 heteroatoms. The fourth-order valence-corrected chi connectivity index (χ4v) is 7.12. The molecule has 2 fully saturated rings. The lowest BCUT2D eigenvalue weighted by Gasteiger charge is -2.26. The lowest BCUT2D eigenvalue weighted by molar-refractivity contribution is -0.126. The molecule has 0 saturated carbocycles. The Labute approximate surface area is 207 Å². The number of carbonyl (C=O) groups excluding carboxylic acids is 1. The molecule has 0 unspecified atom stereocenters. The van der Waals surface area contributed by atoms with Crippen LogP contribution in [-0.4, -0.2) is 56.0 Å². The molecule has 3 aliphatic heterocycles. The lowest BCUT2D eigenvalue weighted by atomic mass is 10.0. The summed E-state index contributed by atoms with van der Waals surface area (Å²) in [5.41, 5.74) is 1.85. The van der Waals surface area contributed by atoms with Gasteiger partial charge in [0.1, 0.15) is 22.7 Å². The number of hydrogen-bond acceptors (Lipinski definition) is 7. The predicted octanol–water partition coefficient (Wildman–Crippen LogP) is 4.86. The van der Waals surface area contributed by atoms with Crippen molar-refractivity contribution in [2.24, 2.45) is 0 Å². The summed E-state index contributed by atoms with van der Waals surface area (Å²) in [7, 11) is 0. The largest absolute Gasteiger partial charge is 0.508 e. The number of nitrogens with one attached hydrogen (secondary N) is 1. The highest BCUT2D eigenvalue weighted by atomic mass is 35.5. The van der Waals surface area contributed by atoms with Crippen LogP contribution < -0.4 is 5.32 Å². The molecule has 1 aromatic carbocycles. The predicted molar refractivity (Wildman–Crippen MR) is 135 cm³/mol. The second-order valence-electron chi connectivity index (χ2n) is 9.30. The Balaban J connectivity index is 1.18. The number of rotatable bonds is 5. The third kappa shape index (κ3) is 4.04. The summed E-state index contributed by atoms with van der Waals surface area (Å²) in [6.07, 6.45) is 11.3. The van der Waals surface area contributed by atoms with E-state index < -0.39 is 0 Å². The summed E-state index contributed by atoms with van der Waals surface area (Å²) in [4.78, 5) is 28.4. The van der Waals surface area contributed by atoms with Crippen LogP contribution in [0.4, 0.5) is 11.5 Å². The summed E-state index contributed by atoms with van der Waals surface area (Å²) < 4.78 is 0. The molecule has 2 N–H and O–H groups in total. The number of fused-ring (bicyclic) bond motifs is 5. The van der Waals surface area contributed by atoms with Gasteiger partial charge in [0.25, 0.3) is 0 Å². The van der Waals surface area contributed by atoms with Crippen molar-refractivity contribution < 1.29 is 9.90 Å². The summed E-state index contributed by atoms with van der Waals surface area (Å²) >= 11 is 7.70. The van der Waals surface area contributed by atoms with Gasteiger partial charge in [0.15, 0.2) is 0 Å². The van der Waals surface area contributed by atoms with Gasteiger partial charge in [0.2, 0.25) is 5.91 Å². The van der Waals surface area contributed by atoms with Crippen molar-refractivity contribution in [3.05, 3.63) is 52.1 Å². The molecule has 2 aromatic heterocycles. The van der Waals surface area contributed by atoms with E-state index in [9.17, 15) is 9.90 Å². The van der Waals surface area contributed by atoms with Gasteiger partial charge in [-0.2, -0.15) is 0 Å². The minimum absolute atomic E-state index is 0.0773. The summed E-state index contributed by atoms with van der Waals surface area (Å²) in [5, 5.41) is 14.6. The number of phenolic OH excluding ortho intramolecular Hbond substituents is 1. The first-order chi connectivity index (χ1) is 16.5. The lowest BCUT2D eigenvalue weighted by Crippen LogP contribution is -2.34. The normalized spacial score (nSPS) is 22.1. The first-order valence-corrected chi connectivity index (χ1v) is 13.0. The first-order valence-electron chi connectivity index (χ1n) is 11.8. The van der Waals surface area contributed by atoms with E-state index >= 15 is 0 Å². The van der Waals surface area contributed by atoms with Crippen molar-refractivity contribution in [3.63, 3.8) is 0 Å². The van der Waals surface area contributed by atoms with Crippen LogP contribution in [0.5, 0.6) is 5.75 Å². The maximum atomic E-state index is 12.9. The van der Waals surface area contributed by atoms with Crippen molar-refractivity contribution in [1.29, 1.82) is 0 Å². The van der Waals surface area contributed by atoms with Gasteiger partial charge >= 0.3 is 0 Å². The zero-order valence-corrected chi connectivity index (χ0v) is 20.3. The topological polar surface area (TPSA) is 81.6 Å². The number of aromatic hydroxyl groups is 1.